The summed E-state index contributed by atoms with van der Waals surface area (Å²) in [7, 11) is 8.43. The number of carbonyl (C=O) groups excluding carboxylic acids is 2. The number of rotatable bonds is 9. The van der Waals surface area contributed by atoms with Crippen LogP contribution in [-0.4, -0.2) is 75.1 Å². The molecule has 0 saturated carbocycles. The zero-order valence-electron chi connectivity index (χ0n) is 19.6. The molecule has 33 heavy (non-hydrogen) atoms. The number of Topliss-reactive ketones (excluding diaryl/α,β-unsaturated/α-hetero) is 1. The Morgan fingerprint density at radius 3 is 2.27 bits per heavy atom. The molecule has 1 aliphatic heterocycles. The van der Waals surface area contributed by atoms with Gasteiger partial charge in [-0.3, -0.25) is 9.59 Å². The zero-order valence-corrected chi connectivity index (χ0v) is 19.6. The molecule has 1 amide bonds. The second-order valence-electron chi connectivity index (χ2n) is 7.96. The quantitative estimate of drug-likeness (QED) is 0.354. The van der Waals surface area contributed by atoms with Crippen molar-refractivity contribution in [2.75, 3.05) is 48.5 Å². The van der Waals surface area contributed by atoms with E-state index < -0.39 is 17.7 Å². The maximum atomic E-state index is 13.2. The summed E-state index contributed by atoms with van der Waals surface area (Å²) in [4.78, 5) is 29.8. The van der Waals surface area contributed by atoms with E-state index in [1.165, 1.54) is 26.2 Å². The number of nitrogens with zero attached hydrogens (tertiary/aromatic N) is 2. The highest BCUT2D eigenvalue weighted by molar-refractivity contribution is 6.46. The van der Waals surface area contributed by atoms with E-state index in [0.29, 0.717) is 41.3 Å². The first-order valence-electron chi connectivity index (χ1n) is 10.6. The topological polar surface area (TPSA) is 88.5 Å². The monoisotopic (exact) mass is 454 g/mol. The second kappa shape index (κ2) is 10.4. The van der Waals surface area contributed by atoms with E-state index in [1.807, 2.05) is 31.1 Å². The number of ether oxygens (including phenoxy) is 3. The van der Waals surface area contributed by atoms with Crippen LogP contribution in [-0.2, 0) is 9.59 Å². The van der Waals surface area contributed by atoms with E-state index in [4.69, 9.17) is 14.2 Å². The molecule has 0 spiro atoms. The summed E-state index contributed by atoms with van der Waals surface area (Å²) in [5.74, 6) is -0.245. The van der Waals surface area contributed by atoms with E-state index in [0.717, 1.165) is 6.54 Å². The summed E-state index contributed by atoms with van der Waals surface area (Å²) in [6.45, 7) is 1.10. The van der Waals surface area contributed by atoms with Gasteiger partial charge in [0.1, 0.15) is 11.5 Å². The smallest absolute Gasteiger partial charge is 0.295 e. The van der Waals surface area contributed by atoms with Crippen LogP contribution in [0.25, 0.3) is 5.76 Å². The number of amides is 1. The number of hydrogen-bond donors (Lipinski definition) is 1. The highest BCUT2D eigenvalue weighted by Crippen LogP contribution is 2.43. The number of aliphatic hydroxyl groups excluding tert-OH is 1. The van der Waals surface area contributed by atoms with Crippen LogP contribution in [0.5, 0.6) is 17.2 Å². The van der Waals surface area contributed by atoms with E-state index in [1.54, 1.807) is 30.3 Å². The van der Waals surface area contributed by atoms with Crippen molar-refractivity contribution >= 4 is 17.4 Å². The van der Waals surface area contributed by atoms with Crippen LogP contribution in [0.2, 0.25) is 0 Å². The van der Waals surface area contributed by atoms with Crippen molar-refractivity contribution in [2.24, 2.45) is 0 Å². The van der Waals surface area contributed by atoms with Crippen LogP contribution >= 0.6 is 0 Å². The molecule has 1 atom stereocenters. The first-order valence-corrected chi connectivity index (χ1v) is 10.6. The highest BCUT2D eigenvalue weighted by atomic mass is 16.5. The van der Waals surface area contributed by atoms with Gasteiger partial charge in [0.2, 0.25) is 0 Å². The number of para-hydroxylation sites is 1. The molecule has 1 fully saturated rings. The lowest BCUT2D eigenvalue weighted by molar-refractivity contribution is -0.140. The minimum absolute atomic E-state index is 0.0153. The van der Waals surface area contributed by atoms with Crippen LogP contribution in [0.1, 0.15) is 23.6 Å². The average Bonchev–Trinajstić information content (AvgIpc) is 3.07. The van der Waals surface area contributed by atoms with Gasteiger partial charge in [-0.2, -0.15) is 0 Å². The molecule has 8 nitrogen and oxygen atoms in total. The van der Waals surface area contributed by atoms with Gasteiger partial charge in [-0.25, -0.2) is 0 Å². The molecule has 3 rings (SSSR count). The largest absolute Gasteiger partial charge is 0.507 e. The highest BCUT2D eigenvalue weighted by Gasteiger charge is 2.46. The summed E-state index contributed by atoms with van der Waals surface area (Å²) < 4.78 is 16.1. The third-order valence-electron chi connectivity index (χ3n) is 5.63. The van der Waals surface area contributed by atoms with Crippen molar-refractivity contribution in [3.05, 3.63) is 59.2 Å². The van der Waals surface area contributed by atoms with Crippen molar-refractivity contribution in [1.82, 2.24) is 9.80 Å². The van der Waals surface area contributed by atoms with Gasteiger partial charge >= 0.3 is 0 Å². The van der Waals surface area contributed by atoms with E-state index >= 15 is 0 Å². The van der Waals surface area contributed by atoms with Gasteiger partial charge in [0.25, 0.3) is 11.7 Å². The third kappa shape index (κ3) is 4.80. The van der Waals surface area contributed by atoms with E-state index in [-0.39, 0.29) is 11.3 Å². The summed E-state index contributed by atoms with van der Waals surface area (Å²) in [6, 6.07) is 11.3. The van der Waals surface area contributed by atoms with Crippen molar-refractivity contribution in [1.29, 1.82) is 0 Å². The lowest BCUT2D eigenvalue weighted by Gasteiger charge is -2.27. The molecule has 0 bridgehead atoms. The molecule has 8 heteroatoms. The zero-order chi connectivity index (χ0) is 24.1. The van der Waals surface area contributed by atoms with Gasteiger partial charge in [0, 0.05) is 17.7 Å². The Labute approximate surface area is 194 Å². The maximum Gasteiger partial charge on any atom is 0.295 e. The van der Waals surface area contributed by atoms with E-state index in [9.17, 15) is 14.7 Å². The summed E-state index contributed by atoms with van der Waals surface area (Å²) in [5, 5.41) is 11.3. The Bertz CT molecular complexity index is 1060. The molecule has 0 aliphatic carbocycles. The van der Waals surface area contributed by atoms with Crippen molar-refractivity contribution < 1.29 is 28.9 Å². The van der Waals surface area contributed by atoms with Crippen LogP contribution in [0.15, 0.2) is 48.0 Å². The molecule has 1 aliphatic rings. The molecule has 2 aromatic carbocycles. The fourth-order valence-electron chi connectivity index (χ4n) is 4.02. The van der Waals surface area contributed by atoms with Gasteiger partial charge in [0.15, 0.2) is 11.5 Å². The average molecular weight is 455 g/mol. The van der Waals surface area contributed by atoms with Gasteiger partial charge in [-0.1, -0.05) is 18.2 Å². The number of carbonyl (C=O) groups is 2. The summed E-state index contributed by atoms with van der Waals surface area (Å²) in [5.41, 5.74) is 0.992. The van der Waals surface area contributed by atoms with Crippen LogP contribution in [0.4, 0.5) is 0 Å². The minimum atomic E-state index is -0.781. The Morgan fingerprint density at radius 1 is 0.970 bits per heavy atom. The SMILES string of the molecule is COc1ccc(C(O)=C2C(=O)C(=O)N(CCCN(C)C)[C@H]2c2ccccc2OC)cc1OC. The first kappa shape index (κ1) is 24.1. The van der Waals surface area contributed by atoms with Crippen molar-refractivity contribution in [3.8, 4) is 17.2 Å². The Balaban J connectivity index is 2.16. The number of benzene rings is 2. The van der Waals surface area contributed by atoms with Gasteiger partial charge in [-0.05, 0) is 51.3 Å². The summed E-state index contributed by atoms with van der Waals surface area (Å²) in [6.07, 6.45) is 0.669. The molecule has 176 valence electrons. The van der Waals surface area contributed by atoms with Crippen molar-refractivity contribution in [3.63, 3.8) is 0 Å². The third-order valence-corrected chi connectivity index (χ3v) is 5.63. The number of likely N-dealkylation sites (tertiary alicyclic amines) is 1. The fourth-order valence-corrected chi connectivity index (χ4v) is 4.02. The molecule has 1 heterocycles. The first-order chi connectivity index (χ1) is 15.8. The molecule has 1 N–H and O–H groups in total. The predicted molar refractivity (Wildman–Crippen MR) is 125 cm³/mol. The lowest BCUT2D eigenvalue weighted by atomic mass is 9.94. The number of hydrogen-bond acceptors (Lipinski definition) is 7. The molecule has 2 aromatic rings. The van der Waals surface area contributed by atoms with Crippen LogP contribution < -0.4 is 14.2 Å². The molecular formula is C25H30N2O6. The molecule has 0 radical (unpaired) electrons. The minimum Gasteiger partial charge on any atom is -0.507 e. The fraction of sp³-hybridized carbons (Fsp3) is 0.360. The molecule has 1 saturated heterocycles. The van der Waals surface area contributed by atoms with Crippen molar-refractivity contribution in [2.45, 2.75) is 12.5 Å². The maximum absolute atomic E-state index is 13.2. The van der Waals surface area contributed by atoms with Gasteiger partial charge < -0.3 is 29.1 Å². The molecule has 0 aromatic heterocycles. The lowest BCUT2D eigenvalue weighted by Crippen LogP contribution is -2.32. The summed E-state index contributed by atoms with van der Waals surface area (Å²) >= 11 is 0. The molecular weight excluding hydrogens is 424 g/mol. The van der Waals surface area contributed by atoms with Crippen LogP contribution in [0, 0.1) is 0 Å². The Kier molecular flexibility index (Phi) is 7.60. The molecule has 0 unspecified atom stereocenters. The van der Waals surface area contributed by atoms with Gasteiger partial charge in [0.05, 0.1) is 32.9 Å². The van der Waals surface area contributed by atoms with Gasteiger partial charge in [-0.15, -0.1) is 0 Å². The predicted octanol–water partition coefficient (Wildman–Crippen LogP) is 3.09. The second-order valence-corrected chi connectivity index (χ2v) is 7.96. The Hall–Kier alpha value is -3.52. The normalized spacial score (nSPS) is 17.5. The number of aliphatic hydroxyl groups is 1. The Morgan fingerprint density at radius 2 is 1.64 bits per heavy atom. The standard InChI is InChI=1S/C25H30N2O6/c1-26(2)13-8-14-27-22(17-9-6-7-10-18(17)31-3)21(24(29)25(27)30)23(28)16-11-12-19(32-4)20(15-16)33-5/h6-7,9-12,15,22,28H,8,13-14H2,1-5H3/t22-/m0/s1. The van der Waals surface area contributed by atoms with Crippen LogP contribution in [0.3, 0.4) is 0 Å². The number of ketones is 1. The van der Waals surface area contributed by atoms with E-state index in [2.05, 4.69) is 0 Å². The number of methoxy groups -OCH3 is 3.